The molecule has 1 heterocycles. The summed E-state index contributed by atoms with van der Waals surface area (Å²) in [6.45, 7) is 9.33. The maximum atomic E-state index is 5.30. The molecule has 0 spiro atoms. The molecule has 0 saturated carbocycles. The van der Waals surface area contributed by atoms with Gasteiger partial charge in [-0.05, 0) is 20.8 Å². The first-order valence-corrected chi connectivity index (χ1v) is 7.51. The molecule has 1 rings (SSSR count). The Morgan fingerprint density at radius 1 is 0.619 bits per heavy atom. The van der Waals surface area contributed by atoms with E-state index in [1.54, 1.807) is 0 Å². The third-order valence-electron chi connectivity index (χ3n) is 2.78. The van der Waals surface area contributed by atoms with E-state index in [0.29, 0.717) is 40.0 Å². The molecule has 1 fully saturated rings. The summed E-state index contributed by atoms with van der Waals surface area (Å²) in [7, 11) is 0. The van der Waals surface area contributed by atoms with Gasteiger partial charge in [0.15, 0.2) is 0 Å². The molecule has 0 aromatic carbocycles. The fraction of sp³-hybridized carbons (Fsp3) is 1.00. The van der Waals surface area contributed by atoms with Crippen molar-refractivity contribution in [2.75, 3.05) is 40.0 Å². The summed E-state index contributed by atoms with van der Waals surface area (Å²) in [5.41, 5.74) is 0. The fourth-order valence-electron chi connectivity index (χ4n) is 1.73. The Bertz CT molecular complexity index is 205. The van der Waals surface area contributed by atoms with Gasteiger partial charge in [0.05, 0.1) is 20.2 Å². The lowest BCUT2D eigenvalue weighted by Gasteiger charge is -2.39. The Kier molecular flexibility index (Phi) is 10.9. The number of nitrogens with one attached hydrogen (secondary N) is 6. The minimum absolute atomic E-state index is 0.101. The minimum atomic E-state index is -0.101. The molecule has 126 valence electrons. The zero-order valence-corrected chi connectivity index (χ0v) is 13.2. The van der Waals surface area contributed by atoms with Crippen molar-refractivity contribution in [2.45, 2.75) is 39.6 Å². The van der Waals surface area contributed by atoms with Gasteiger partial charge in [0.2, 0.25) is 0 Å². The molecule has 0 aromatic rings. The monoisotopic (exact) mass is 306 g/mol. The maximum Gasteiger partial charge on any atom is 0.118 e. The Labute approximate surface area is 126 Å². The van der Waals surface area contributed by atoms with Crippen LogP contribution in [0.2, 0.25) is 0 Å². The molecule has 0 bridgehead atoms. The standard InChI is InChI=1S/C12H30N6O3/c1-4-19-7-13-10-16-11(14-8-20-5-2)18-12(17-10)15-9-21-6-3/h10-18H,4-9H2,1-3H3. The van der Waals surface area contributed by atoms with E-state index in [1.165, 1.54) is 0 Å². The second-order valence-electron chi connectivity index (χ2n) is 4.32. The summed E-state index contributed by atoms with van der Waals surface area (Å²) in [6, 6.07) is 0. The van der Waals surface area contributed by atoms with Crippen molar-refractivity contribution in [3.05, 3.63) is 0 Å². The molecule has 9 nitrogen and oxygen atoms in total. The highest BCUT2D eigenvalue weighted by molar-refractivity contribution is 4.78. The van der Waals surface area contributed by atoms with E-state index in [-0.39, 0.29) is 18.9 Å². The first-order chi connectivity index (χ1) is 10.3. The molecule has 6 N–H and O–H groups in total. The minimum Gasteiger partial charge on any atom is -0.367 e. The van der Waals surface area contributed by atoms with Crippen LogP contribution in [0.15, 0.2) is 0 Å². The summed E-state index contributed by atoms with van der Waals surface area (Å²) in [5, 5.41) is 19.6. The summed E-state index contributed by atoms with van der Waals surface area (Å²) < 4.78 is 15.9. The van der Waals surface area contributed by atoms with Gasteiger partial charge in [0.25, 0.3) is 0 Å². The number of hydrogen-bond donors (Lipinski definition) is 6. The van der Waals surface area contributed by atoms with Crippen LogP contribution in [0.25, 0.3) is 0 Å². The normalized spacial score (nSPS) is 26.1. The van der Waals surface area contributed by atoms with Crippen LogP contribution in [0, 0.1) is 0 Å². The van der Waals surface area contributed by atoms with Crippen LogP contribution in [-0.4, -0.2) is 58.9 Å². The smallest absolute Gasteiger partial charge is 0.118 e. The molecule has 0 radical (unpaired) electrons. The highest BCUT2D eigenvalue weighted by atomic mass is 16.5. The van der Waals surface area contributed by atoms with Crippen LogP contribution in [-0.2, 0) is 14.2 Å². The van der Waals surface area contributed by atoms with E-state index >= 15 is 0 Å². The lowest BCUT2D eigenvalue weighted by atomic mass is 10.5. The third-order valence-corrected chi connectivity index (χ3v) is 2.78. The first kappa shape index (κ1) is 18.7. The van der Waals surface area contributed by atoms with Gasteiger partial charge < -0.3 is 14.2 Å². The number of hydrogen-bond acceptors (Lipinski definition) is 9. The zero-order valence-electron chi connectivity index (χ0n) is 13.2. The predicted molar refractivity (Wildman–Crippen MR) is 79.7 cm³/mol. The van der Waals surface area contributed by atoms with Crippen LogP contribution in [0.3, 0.4) is 0 Å². The van der Waals surface area contributed by atoms with Crippen LogP contribution >= 0.6 is 0 Å². The predicted octanol–water partition coefficient (Wildman–Crippen LogP) is -1.63. The number of rotatable bonds is 12. The Balaban J connectivity index is 2.35. The molecule has 0 aliphatic carbocycles. The average molecular weight is 306 g/mol. The second kappa shape index (κ2) is 12.2. The molecule has 0 amide bonds. The topological polar surface area (TPSA) is 99.9 Å². The van der Waals surface area contributed by atoms with E-state index in [4.69, 9.17) is 14.2 Å². The summed E-state index contributed by atoms with van der Waals surface area (Å²) >= 11 is 0. The summed E-state index contributed by atoms with van der Waals surface area (Å²) in [4.78, 5) is 0. The van der Waals surface area contributed by atoms with Gasteiger partial charge in [-0.1, -0.05) is 0 Å². The van der Waals surface area contributed by atoms with Gasteiger partial charge in [-0.2, -0.15) is 0 Å². The van der Waals surface area contributed by atoms with Gasteiger partial charge in [-0.25, -0.2) is 0 Å². The zero-order chi connectivity index (χ0) is 15.3. The third kappa shape index (κ3) is 8.61. The van der Waals surface area contributed by atoms with E-state index < -0.39 is 0 Å². The maximum absolute atomic E-state index is 5.30. The lowest BCUT2D eigenvalue weighted by molar-refractivity contribution is 0.0387. The molecule has 0 atom stereocenters. The average Bonchev–Trinajstić information content (AvgIpc) is 2.48. The molecular weight excluding hydrogens is 276 g/mol. The van der Waals surface area contributed by atoms with Crippen molar-refractivity contribution in [3.8, 4) is 0 Å². The lowest BCUT2D eigenvalue weighted by Crippen LogP contribution is -2.77. The van der Waals surface area contributed by atoms with Crippen molar-refractivity contribution in [1.29, 1.82) is 0 Å². The van der Waals surface area contributed by atoms with Crippen molar-refractivity contribution < 1.29 is 14.2 Å². The van der Waals surface area contributed by atoms with Crippen LogP contribution in [0.4, 0.5) is 0 Å². The SMILES string of the molecule is CCOCNC1NC(NCOCC)NC(NCOCC)N1. The van der Waals surface area contributed by atoms with E-state index in [0.717, 1.165) is 0 Å². The highest BCUT2D eigenvalue weighted by Gasteiger charge is 2.25. The number of ether oxygens (including phenoxy) is 3. The van der Waals surface area contributed by atoms with Gasteiger partial charge in [0.1, 0.15) is 18.9 Å². The van der Waals surface area contributed by atoms with Gasteiger partial charge in [0, 0.05) is 19.8 Å². The van der Waals surface area contributed by atoms with E-state index in [2.05, 4.69) is 31.9 Å². The van der Waals surface area contributed by atoms with E-state index in [1.807, 2.05) is 20.8 Å². The second-order valence-corrected chi connectivity index (χ2v) is 4.32. The van der Waals surface area contributed by atoms with Crippen molar-refractivity contribution >= 4 is 0 Å². The molecule has 0 unspecified atom stereocenters. The quantitative estimate of drug-likeness (QED) is 0.187. The fourth-order valence-corrected chi connectivity index (χ4v) is 1.73. The van der Waals surface area contributed by atoms with Crippen molar-refractivity contribution in [3.63, 3.8) is 0 Å². The molecule has 21 heavy (non-hydrogen) atoms. The molecule has 0 aromatic heterocycles. The largest absolute Gasteiger partial charge is 0.367 e. The Morgan fingerprint density at radius 2 is 0.905 bits per heavy atom. The summed E-state index contributed by atoms with van der Waals surface area (Å²) in [6.07, 6.45) is -0.303. The van der Waals surface area contributed by atoms with Crippen LogP contribution in [0.5, 0.6) is 0 Å². The van der Waals surface area contributed by atoms with Crippen molar-refractivity contribution in [1.82, 2.24) is 31.9 Å². The van der Waals surface area contributed by atoms with Gasteiger partial charge >= 0.3 is 0 Å². The summed E-state index contributed by atoms with van der Waals surface area (Å²) in [5.74, 6) is 0. The molecule has 1 aliphatic heterocycles. The molecule has 1 aliphatic rings. The van der Waals surface area contributed by atoms with E-state index in [9.17, 15) is 0 Å². The molecular formula is C12H30N6O3. The first-order valence-electron chi connectivity index (χ1n) is 7.51. The molecule has 9 heteroatoms. The highest BCUT2D eigenvalue weighted by Crippen LogP contribution is 1.90. The van der Waals surface area contributed by atoms with Crippen molar-refractivity contribution in [2.24, 2.45) is 0 Å². The van der Waals surface area contributed by atoms with Crippen LogP contribution in [0.1, 0.15) is 20.8 Å². The van der Waals surface area contributed by atoms with Crippen LogP contribution < -0.4 is 31.9 Å². The Morgan fingerprint density at radius 3 is 1.14 bits per heavy atom. The van der Waals surface area contributed by atoms with Gasteiger partial charge in [-0.3, -0.25) is 31.9 Å². The molecule has 1 saturated heterocycles. The Hall–Kier alpha value is -0.360. The van der Waals surface area contributed by atoms with Gasteiger partial charge in [-0.15, -0.1) is 0 Å².